The first kappa shape index (κ1) is 10.5. The third-order valence-electron chi connectivity index (χ3n) is 2.64. The fourth-order valence-corrected chi connectivity index (χ4v) is 1.90. The third-order valence-corrected chi connectivity index (χ3v) is 2.64. The molecule has 1 aromatic carbocycles. The first-order chi connectivity index (χ1) is 7.81. The summed E-state index contributed by atoms with van der Waals surface area (Å²) in [6, 6.07) is 9.90. The molecule has 0 bridgehead atoms. The molecule has 0 aliphatic carbocycles. The van der Waals surface area contributed by atoms with Crippen molar-refractivity contribution in [1.29, 1.82) is 5.26 Å². The lowest BCUT2D eigenvalue weighted by atomic mass is 10.1. The molecule has 0 atom stereocenters. The number of para-hydroxylation sites is 1. The first-order valence-electron chi connectivity index (χ1n) is 5.28. The molecule has 1 aromatic rings. The van der Waals surface area contributed by atoms with Crippen LogP contribution in [-0.2, 0) is 11.2 Å². The minimum atomic E-state index is 0.0398. The van der Waals surface area contributed by atoms with Crippen LogP contribution in [0, 0.1) is 11.3 Å². The molecule has 1 fully saturated rings. The van der Waals surface area contributed by atoms with Crippen molar-refractivity contribution in [2.75, 3.05) is 24.5 Å². The highest BCUT2D eigenvalue weighted by atomic mass is 16.2. The van der Waals surface area contributed by atoms with Crippen LogP contribution in [0.25, 0.3) is 0 Å². The maximum atomic E-state index is 11.3. The highest BCUT2D eigenvalue weighted by Gasteiger charge is 2.18. The molecule has 0 aromatic heterocycles. The van der Waals surface area contributed by atoms with Gasteiger partial charge in [-0.1, -0.05) is 18.2 Å². The van der Waals surface area contributed by atoms with E-state index < -0.39 is 0 Å². The molecule has 1 N–H and O–H groups in total. The number of nitriles is 1. The molecule has 16 heavy (non-hydrogen) atoms. The summed E-state index contributed by atoms with van der Waals surface area (Å²) in [5.41, 5.74) is 1.98. The number of nitrogens with zero attached hydrogens (tertiary/aromatic N) is 2. The summed E-state index contributed by atoms with van der Waals surface area (Å²) in [7, 11) is 0. The molecule has 1 saturated heterocycles. The van der Waals surface area contributed by atoms with E-state index in [1.807, 2.05) is 29.2 Å². The van der Waals surface area contributed by atoms with E-state index in [9.17, 15) is 4.79 Å². The van der Waals surface area contributed by atoms with Gasteiger partial charge in [0, 0.05) is 18.8 Å². The number of anilines is 1. The summed E-state index contributed by atoms with van der Waals surface area (Å²) < 4.78 is 0. The van der Waals surface area contributed by atoms with Crippen LogP contribution in [0.2, 0.25) is 0 Å². The predicted molar refractivity (Wildman–Crippen MR) is 61.0 cm³/mol. The number of nitrogens with one attached hydrogen (secondary N) is 1. The Kier molecular flexibility index (Phi) is 3.06. The highest BCUT2D eigenvalue weighted by Crippen LogP contribution is 2.21. The van der Waals surface area contributed by atoms with Crippen LogP contribution in [0.15, 0.2) is 24.3 Å². The average molecular weight is 215 g/mol. The van der Waals surface area contributed by atoms with Gasteiger partial charge in [0.05, 0.1) is 19.0 Å². The summed E-state index contributed by atoms with van der Waals surface area (Å²) >= 11 is 0. The highest BCUT2D eigenvalue weighted by molar-refractivity contribution is 5.83. The Hall–Kier alpha value is -2.02. The lowest BCUT2D eigenvalue weighted by molar-refractivity contribution is -0.120. The number of hydrogen-bond donors (Lipinski definition) is 1. The van der Waals surface area contributed by atoms with Gasteiger partial charge in [-0.05, 0) is 11.6 Å². The van der Waals surface area contributed by atoms with Crippen LogP contribution in [0.3, 0.4) is 0 Å². The van der Waals surface area contributed by atoms with Gasteiger partial charge in [0.1, 0.15) is 0 Å². The second-order valence-corrected chi connectivity index (χ2v) is 3.74. The number of rotatable bonds is 2. The van der Waals surface area contributed by atoms with Crippen molar-refractivity contribution in [3.63, 3.8) is 0 Å². The molecular weight excluding hydrogens is 202 g/mol. The van der Waals surface area contributed by atoms with E-state index in [0.29, 0.717) is 19.5 Å². The van der Waals surface area contributed by atoms with Crippen molar-refractivity contribution in [1.82, 2.24) is 5.32 Å². The summed E-state index contributed by atoms with van der Waals surface area (Å²) in [6.07, 6.45) is 0.383. The van der Waals surface area contributed by atoms with Gasteiger partial charge in [-0.2, -0.15) is 5.26 Å². The molecule has 1 heterocycles. The fourth-order valence-electron chi connectivity index (χ4n) is 1.90. The van der Waals surface area contributed by atoms with Gasteiger partial charge in [-0.3, -0.25) is 4.79 Å². The van der Waals surface area contributed by atoms with Crippen molar-refractivity contribution in [2.24, 2.45) is 0 Å². The summed E-state index contributed by atoms with van der Waals surface area (Å²) in [5.74, 6) is 0.0398. The molecule has 2 rings (SSSR count). The number of carbonyl (C=O) groups is 1. The van der Waals surface area contributed by atoms with Crippen molar-refractivity contribution in [3.8, 4) is 6.07 Å². The van der Waals surface area contributed by atoms with Crippen LogP contribution in [-0.4, -0.2) is 25.5 Å². The Labute approximate surface area is 94.5 Å². The Balaban J connectivity index is 2.25. The number of benzene rings is 1. The Morgan fingerprint density at radius 3 is 3.00 bits per heavy atom. The number of piperazine rings is 1. The number of carbonyl (C=O) groups excluding carboxylic acids is 1. The molecule has 82 valence electrons. The van der Waals surface area contributed by atoms with Gasteiger partial charge in [0.15, 0.2) is 0 Å². The molecule has 1 amide bonds. The molecule has 0 spiro atoms. The van der Waals surface area contributed by atoms with E-state index in [2.05, 4.69) is 11.4 Å². The molecular formula is C12H13N3O. The van der Waals surface area contributed by atoms with Crippen molar-refractivity contribution < 1.29 is 4.79 Å². The van der Waals surface area contributed by atoms with Crippen molar-refractivity contribution in [2.45, 2.75) is 6.42 Å². The van der Waals surface area contributed by atoms with Crippen LogP contribution < -0.4 is 10.2 Å². The zero-order valence-electron chi connectivity index (χ0n) is 8.94. The molecule has 0 unspecified atom stereocenters. The number of hydrogen-bond acceptors (Lipinski definition) is 3. The van der Waals surface area contributed by atoms with Gasteiger partial charge in [0.2, 0.25) is 5.91 Å². The van der Waals surface area contributed by atoms with Crippen LogP contribution >= 0.6 is 0 Å². The molecule has 0 radical (unpaired) electrons. The Morgan fingerprint density at radius 2 is 2.25 bits per heavy atom. The predicted octanol–water partition coefficient (Wildman–Crippen LogP) is 0.689. The maximum absolute atomic E-state index is 11.3. The van der Waals surface area contributed by atoms with Crippen LogP contribution in [0.1, 0.15) is 5.56 Å². The molecule has 4 heteroatoms. The lowest BCUT2D eigenvalue weighted by Gasteiger charge is -2.30. The Bertz CT molecular complexity index is 436. The SMILES string of the molecule is N#CCc1ccccc1N1CCNC(=O)C1. The number of amides is 1. The van der Waals surface area contributed by atoms with Crippen molar-refractivity contribution in [3.05, 3.63) is 29.8 Å². The van der Waals surface area contributed by atoms with E-state index in [4.69, 9.17) is 5.26 Å². The van der Waals surface area contributed by atoms with E-state index in [0.717, 1.165) is 17.8 Å². The Morgan fingerprint density at radius 1 is 1.44 bits per heavy atom. The minimum absolute atomic E-state index is 0.0398. The van der Waals surface area contributed by atoms with Gasteiger partial charge in [-0.25, -0.2) is 0 Å². The van der Waals surface area contributed by atoms with Gasteiger partial charge < -0.3 is 10.2 Å². The monoisotopic (exact) mass is 215 g/mol. The molecule has 1 aliphatic heterocycles. The van der Waals surface area contributed by atoms with Crippen molar-refractivity contribution >= 4 is 11.6 Å². The maximum Gasteiger partial charge on any atom is 0.239 e. The largest absolute Gasteiger partial charge is 0.360 e. The minimum Gasteiger partial charge on any atom is -0.360 e. The molecule has 4 nitrogen and oxygen atoms in total. The molecule has 0 saturated carbocycles. The third kappa shape index (κ3) is 2.14. The smallest absolute Gasteiger partial charge is 0.239 e. The standard InChI is InChI=1S/C12H13N3O/c13-6-5-10-3-1-2-4-11(10)15-8-7-14-12(16)9-15/h1-4H,5,7-9H2,(H,14,16). The van der Waals surface area contributed by atoms with Gasteiger partial charge in [0.25, 0.3) is 0 Å². The van der Waals surface area contributed by atoms with Crippen LogP contribution in [0.4, 0.5) is 5.69 Å². The summed E-state index contributed by atoms with van der Waals surface area (Å²) in [6.45, 7) is 1.84. The lowest BCUT2D eigenvalue weighted by Crippen LogP contribution is -2.48. The van der Waals surface area contributed by atoms with E-state index in [1.54, 1.807) is 0 Å². The van der Waals surface area contributed by atoms with Gasteiger partial charge in [-0.15, -0.1) is 0 Å². The summed E-state index contributed by atoms with van der Waals surface area (Å²) in [5, 5.41) is 11.5. The fraction of sp³-hybridized carbons (Fsp3) is 0.333. The molecule has 1 aliphatic rings. The second-order valence-electron chi connectivity index (χ2n) is 3.74. The summed E-state index contributed by atoms with van der Waals surface area (Å²) in [4.78, 5) is 13.3. The van der Waals surface area contributed by atoms with Gasteiger partial charge >= 0.3 is 0 Å². The normalized spacial score (nSPS) is 15.4. The first-order valence-corrected chi connectivity index (χ1v) is 5.28. The topological polar surface area (TPSA) is 56.1 Å². The zero-order valence-corrected chi connectivity index (χ0v) is 8.94. The van der Waals surface area contributed by atoms with E-state index in [-0.39, 0.29) is 5.91 Å². The average Bonchev–Trinajstić information content (AvgIpc) is 2.30. The quantitative estimate of drug-likeness (QED) is 0.789. The zero-order chi connectivity index (χ0) is 11.4. The second kappa shape index (κ2) is 4.67. The van der Waals surface area contributed by atoms with E-state index >= 15 is 0 Å². The van der Waals surface area contributed by atoms with E-state index in [1.165, 1.54) is 0 Å². The van der Waals surface area contributed by atoms with Crippen LogP contribution in [0.5, 0.6) is 0 Å².